The number of aryl methyl sites for hydroxylation is 1. The standard InChI is InChI=1S/C24H26ClN5O5S/c1-13-8-9-17(35-13)20(23(32)28-11-15-6-4-10-34-15)30(12-14-5-2-3-7-16(14)25)24(33)21-18(26)19(22(27)31)29-36-21/h2-3,5,7-9,15,20H,4,6,10-12,26H2,1H3,(H2,27,31)(H,28,32). The number of nitrogens with one attached hydrogen (secondary N) is 1. The summed E-state index contributed by atoms with van der Waals surface area (Å²) in [6, 6.07) is 9.17. The minimum atomic E-state index is -1.16. The molecule has 5 N–H and O–H groups in total. The highest BCUT2D eigenvalue weighted by atomic mass is 35.5. The molecule has 0 aliphatic carbocycles. The van der Waals surface area contributed by atoms with Gasteiger partial charge in [0.2, 0.25) is 0 Å². The van der Waals surface area contributed by atoms with Crippen LogP contribution in [0.25, 0.3) is 0 Å². The summed E-state index contributed by atoms with van der Waals surface area (Å²) in [6.45, 7) is 2.63. The number of furan rings is 1. The van der Waals surface area contributed by atoms with E-state index in [1.165, 1.54) is 4.90 Å². The number of hydrogen-bond donors (Lipinski definition) is 3. The number of halogens is 1. The van der Waals surface area contributed by atoms with Crippen LogP contribution in [0.1, 0.15) is 56.1 Å². The van der Waals surface area contributed by atoms with Gasteiger partial charge in [-0.2, -0.15) is 4.37 Å². The number of primary amides is 1. The fourth-order valence-electron chi connectivity index (χ4n) is 3.99. The van der Waals surface area contributed by atoms with Crippen LogP contribution >= 0.6 is 23.1 Å². The summed E-state index contributed by atoms with van der Waals surface area (Å²) in [6.07, 6.45) is 1.65. The number of nitrogens with zero attached hydrogens (tertiary/aromatic N) is 2. The van der Waals surface area contributed by atoms with E-state index in [4.69, 9.17) is 32.2 Å². The Bertz CT molecular complexity index is 1270. The normalized spacial score (nSPS) is 16.0. The van der Waals surface area contributed by atoms with Crippen molar-refractivity contribution in [1.29, 1.82) is 0 Å². The lowest BCUT2D eigenvalue weighted by molar-refractivity contribution is -0.127. The number of carbonyl (C=O) groups excluding carboxylic acids is 3. The molecule has 3 aromatic rings. The smallest absolute Gasteiger partial charge is 0.270 e. The molecule has 12 heteroatoms. The molecule has 36 heavy (non-hydrogen) atoms. The maximum Gasteiger partial charge on any atom is 0.270 e. The Morgan fingerprint density at radius 2 is 2.06 bits per heavy atom. The lowest BCUT2D eigenvalue weighted by Gasteiger charge is -2.30. The first kappa shape index (κ1) is 25.7. The number of carbonyl (C=O) groups is 3. The number of hydrogen-bond acceptors (Lipinski definition) is 8. The van der Waals surface area contributed by atoms with Gasteiger partial charge in [-0.1, -0.05) is 29.8 Å². The predicted octanol–water partition coefficient (Wildman–Crippen LogP) is 3.06. The van der Waals surface area contributed by atoms with Crippen LogP contribution < -0.4 is 16.8 Å². The van der Waals surface area contributed by atoms with Gasteiger partial charge in [0.25, 0.3) is 17.7 Å². The van der Waals surface area contributed by atoms with Crippen molar-refractivity contribution >= 4 is 46.5 Å². The highest BCUT2D eigenvalue weighted by molar-refractivity contribution is 7.09. The zero-order valence-corrected chi connectivity index (χ0v) is 21.1. The first-order valence-corrected chi connectivity index (χ1v) is 12.5. The van der Waals surface area contributed by atoms with Crippen molar-refractivity contribution < 1.29 is 23.5 Å². The number of nitrogens with two attached hydrogens (primary N) is 2. The molecule has 0 radical (unpaired) electrons. The summed E-state index contributed by atoms with van der Waals surface area (Å²) in [5.41, 5.74) is 11.7. The van der Waals surface area contributed by atoms with Crippen molar-refractivity contribution in [3.63, 3.8) is 0 Å². The van der Waals surface area contributed by atoms with Crippen LogP contribution in [0, 0.1) is 6.92 Å². The van der Waals surface area contributed by atoms with Crippen LogP contribution in [0.15, 0.2) is 40.8 Å². The predicted molar refractivity (Wildman–Crippen MR) is 135 cm³/mol. The summed E-state index contributed by atoms with van der Waals surface area (Å²) in [4.78, 5) is 40.4. The molecule has 0 bridgehead atoms. The van der Waals surface area contributed by atoms with Crippen LogP contribution in [0.5, 0.6) is 0 Å². The van der Waals surface area contributed by atoms with Crippen molar-refractivity contribution in [3.8, 4) is 0 Å². The van der Waals surface area contributed by atoms with Gasteiger partial charge in [0.05, 0.1) is 11.8 Å². The summed E-state index contributed by atoms with van der Waals surface area (Å²) >= 11 is 7.14. The van der Waals surface area contributed by atoms with E-state index < -0.39 is 23.8 Å². The van der Waals surface area contributed by atoms with Crippen molar-refractivity contribution in [1.82, 2.24) is 14.6 Å². The Balaban J connectivity index is 1.75. The zero-order chi connectivity index (χ0) is 25.8. The van der Waals surface area contributed by atoms with E-state index in [2.05, 4.69) is 9.69 Å². The van der Waals surface area contributed by atoms with Gasteiger partial charge in [0, 0.05) is 24.7 Å². The summed E-state index contributed by atoms with van der Waals surface area (Å²) in [5, 5.41) is 3.31. The van der Waals surface area contributed by atoms with Crippen molar-refractivity contribution in [3.05, 3.63) is 69.1 Å². The summed E-state index contributed by atoms with van der Waals surface area (Å²) < 4.78 is 15.4. The number of anilines is 1. The number of nitrogen functional groups attached to an aromatic ring is 1. The van der Waals surface area contributed by atoms with E-state index in [1.807, 2.05) is 0 Å². The molecule has 2 aromatic heterocycles. The Kier molecular flexibility index (Phi) is 7.92. The van der Waals surface area contributed by atoms with Gasteiger partial charge in [-0.3, -0.25) is 14.4 Å². The summed E-state index contributed by atoms with van der Waals surface area (Å²) in [5.74, 6) is -1.11. The fourth-order valence-corrected chi connectivity index (χ4v) is 4.95. The summed E-state index contributed by atoms with van der Waals surface area (Å²) in [7, 11) is 0. The second-order valence-corrected chi connectivity index (χ2v) is 9.57. The minimum Gasteiger partial charge on any atom is -0.464 e. The van der Waals surface area contributed by atoms with Crippen molar-refractivity contribution in [2.75, 3.05) is 18.9 Å². The number of aromatic nitrogens is 1. The maximum absolute atomic E-state index is 13.9. The van der Waals surface area contributed by atoms with Crippen molar-refractivity contribution in [2.24, 2.45) is 5.73 Å². The molecular weight excluding hydrogens is 506 g/mol. The molecule has 0 spiro atoms. The molecule has 1 aromatic carbocycles. The molecule has 1 fully saturated rings. The molecule has 3 amide bonds. The number of ether oxygens (including phenoxy) is 1. The lowest BCUT2D eigenvalue weighted by Crippen LogP contribution is -2.45. The van der Waals surface area contributed by atoms with Crippen LogP contribution in [0.4, 0.5) is 5.69 Å². The highest BCUT2D eigenvalue weighted by Gasteiger charge is 2.37. The van der Waals surface area contributed by atoms with E-state index in [0.717, 1.165) is 24.4 Å². The first-order chi connectivity index (χ1) is 17.3. The molecule has 1 aliphatic rings. The van der Waals surface area contributed by atoms with Crippen LogP contribution in [0.3, 0.4) is 0 Å². The fraction of sp³-hybridized carbons (Fsp3) is 0.333. The molecule has 4 rings (SSSR count). The van der Waals surface area contributed by atoms with Gasteiger partial charge in [0.15, 0.2) is 11.7 Å². The number of rotatable bonds is 9. The lowest BCUT2D eigenvalue weighted by atomic mass is 10.1. The topological polar surface area (TPSA) is 154 Å². The second-order valence-electron chi connectivity index (χ2n) is 8.39. The Labute approximate surface area is 216 Å². The second kappa shape index (κ2) is 11.1. The van der Waals surface area contributed by atoms with E-state index >= 15 is 0 Å². The van der Waals surface area contributed by atoms with E-state index in [-0.39, 0.29) is 41.2 Å². The van der Waals surface area contributed by atoms with E-state index in [9.17, 15) is 14.4 Å². The zero-order valence-electron chi connectivity index (χ0n) is 19.5. The van der Waals surface area contributed by atoms with E-state index in [0.29, 0.717) is 23.0 Å². The minimum absolute atomic E-state index is 0.0175. The molecule has 190 valence electrons. The Morgan fingerprint density at radius 1 is 1.28 bits per heavy atom. The van der Waals surface area contributed by atoms with Gasteiger partial charge >= 0.3 is 0 Å². The average Bonchev–Trinajstić information content (AvgIpc) is 3.60. The van der Waals surface area contributed by atoms with Gasteiger partial charge in [-0.05, 0) is 55.1 Å². The molecule has 0 saturated carbocycles. The molecule has 2 unspecified atom stereocenters. The third-order valence-electron chi connectivity index (χ3n) is 5.83. The number of benzene rings is 1. The van der Waals surface area contributed by atoms with E-state index in [1.54, 1.807) is 43.3 Å². The molecule has 10 nitrogen and oxygen atoms in total. The number of amides is 3. The molecule has 2 atom stereocenters. The quantitative estimate of drug-likeness (QED) is 0.383. The Hall–Kier alpha value is -3.41. The van der Waals surface area contributed by atoms with Gasteiger partial charge < -0.3 is 30.8 Å². The van der Waals surface area contributed by atoms with Crippen LogP contribution in [0.2, 0.25) is 5.02 Å². The maximum atomic E-state index is 13.9. The largest absolute Gasteiger partial charge is 0.464 e. The monoisotopic (exact) mass is 531 g/mol. The molecule has 1 aliphatic heterocycles. The first-order valence-electron chi connectivity index (χ1n) is 11.3. The SMILES string of the molecule is Cc1ccc(C(C(=O)NCC2CCCO2)N(Cc2ccccc2Cl)C(=O)c2snc(C(N)=O)c2N)o1. The third-order valence-corrected chi connectivity index (χ3v) is 7.05. The average molecular weight is 532 g/mol. The van der Waals surface area contributed by atoms with Crippen LogP contribution in [-0.4, -0.2) is 46.3 Å². The van der Waals surface area contributed by atoms with Gasteiger partial charge in [-0.25, -0.2) is 0 Å². The molecular formula is C24H26ClN5O5S. The van der Waals surface area contributed by atoms with Crippen LogP contribution in [-0.2, 0) is 16.1 Å². The van der Waals surface area contributed by atoms with Gasteiger partial charge in [0.1, 0.15) is 16.4 Å². The highest BCUT2D eigenvalue weighted by Crippen LogP contribution is 2.32. The molecule has 1 saturated heterocycles. The third kappa shape index (κ3) is 5.53. The molecule has 3 heterocycles. The Morgan fingerprint density at radius 3 is 2.67 bits per heavy atom. The van der Waals surface area contributed by atoms with Crippen molar-refractivity contribution in [2.45, 2.75) is 38.5 Å². The van der Waals surface area contributed by atoms with Gasteiger partial charge in [-0.15, -0.1) is 0 Å².